The fraction of sp³-hybridized carbons (Fsp3) is 0.0625. The van der Waals surface area contributed by atoms with Gasteiger partial charge in [0.05, 0.1) is 11.2 Å². The van der Waals surface area contributed by atoms with Crippen molar-refractivity contribution in [1.82, 2.24) is 4.57 Å². The molecule has 4 heteroatoms. The van der Waals surface area contributed by atoms with Gasteiger partial charge in [0.15, 0.2) is 0 Å². The lowest BCUT2D eigenvalue weighted by molar-refractivity contribution is 1.17. The smallest absolute Gasteiger partial charge is 0.205 e. The molecule has 0 aliphatic carbocycles. The molecule has 0 bridgehead atoms. The minimum absolute atomic E-state index is 0. The Kier molecular flexibility index (Phi) is 4.11. The van der Waals surface area contributed by atoms with E-state index in [-0.39, 0.29) is 12.4 Å². The molecule has 3 aromatic rings. The zero-order valence-electron chi connectivity index (χ0n) is 11.2. The predicted octanol–water partition coefficient (Wildman–Crippen LogP) is 3.87. The van der Waals surface area contributed by atoms with Crippen molar-refractivity contribution in [3.05, 3.63) is 66.4 Å². The van der Waals surface area contributed by atoms with Gasteiger partial charge >= 0.3 is 0 Å². The predicted molar refractivity (Wildman–Crippen MR) is 87.0 cm³/mol. The molecular weight excluding hydrogens is 270 g/mol. The van der Waals surface area contributed by atoms with Crippen molar-refractivity contribution in [2.24, 2.45) is 10.7 Å². The minimum atomic E-state index is 0. The van der Waals surface area contributed by atoms with E-state index in [0.29, 0.717) is 5.96 Å². The van der Waals surface area contributed by atoms with Gasteiger partial charge < -0.3 is 5.73 Å². The highest BCUT2D eigenvalue weighted by Gasteiger charge is 2.04. The Labute approximate surface area is 124 Å². The van der Waals surface area contributed by atoms with Gasteiger partial charge in [-0.25, -0.2) is 4.99 Å². The van der Waals surface area contributed by atoms with Crippen molar-refractivity contribution >= 4 is 35.0 Å². The van der Waals surface area contributed by atoms with Gasteiger partial charge in [0.1, 0.15) is 0 Å². The fourth-order valence-electron chi connectivity index (χ4n) is 2.15. The number of hydrogen-bond acceptors (Lipinski definition) is 1. The summed E-state index contributed by atoms with van der Waals surface area (Å²) in [5, 5.41) is 1.16. The molecule has 0 saturated heterocycles. The Hall–Kier alpha value is -2.26. The van der Waals surface area contributed by atoms with Crippen LogP contribution in [0.3, 0.4) is 0 Å². The fourth-order valence-corrected chi connectivity index (χ4v) is 2.15. The average molecular weight is 286 g/mol. The Morgan fingerprint density at radius 3 is 2.50 bits per heavy atom. The van der Waals surface area contributed by atoms with Crippen molar-refractivity contribution < 1.29 is 0 Å². The second kappa shape index (κ2) is 5.80. The number of aryl methyl sites for hydroxylation is 1. The highest BCUT2D eigenvalue weighted by molar-refractivity contribution is 5.94. The van der Waals surface area contributed by atoms with E-state index in [9.17, 15) is 0 Å². The van der Waals surface area contributed by atoms with Crippen LogP contribution in [0, 0.1) is 6.92 Å². The molecule has 0 atom stereocenters. The lowest BCUT2D eigenvalue weighted by atomic mass is 10.2. The summed E-state index contributed by atoms with van der Waals surface area (Å²) < 4.78 is 1.90. The first-order valence-corrected chi connectivity index (χ1v) is 6.22. The number of nitrogens with zero attached hydrogens (tertiary/aromatic N) is 2. The summed E-state index contributed by atoms with van der Waals surface area (Å²) >= 11 is 0. The molecule has 3 rings (SSSR count). The van der Waals surface area contributed by atoms with Crippen LogP contribution in [0.5, 0.6) is 0 Å². The van der Waals surface area contributed by atoms with Gasteiger partial charge in [-0.1, -0.05) is 36.4 Å². The second-order valence-corrected chi connectivity index (χ2v) is 4.50. The first-order valence-electron chi connectivity index (χ1n) is 6.22. The Balaban J connectivity index is 0.00000147. The highest BCUT2D eigenvalue weighted by Crippen LogP contribution is 2.19. The van der Waals surface area contributed by atoms with Gasteiger partial charge in [0, 0.05) is 11.6 Å². The first-order chi connectivity index (χ1) is 9.25. The van der Waals surface area contributed by atoms with E-state index in [1.165, 1.54) is 0 Å². The lowest BCUT2D eigenvalue weighted by Gasteiger charge is -2.05. The summed E-state index contributed by atoms with van der Waals surface area (Å²) in [6.45, 7) is 2.03. The standard InChI is InChI=1S/C16H15N3.ClH/c1-12-6-2-4-8-14(12)18-16(17)19-11-10-13-7-3-5-9-15(13)19;/h2-11H,1H3,(H2,17,18);1H. The zero-order chi connectivity index (χ0) is 13.2. The number of fused-ring (bicyclic) bond motifs is 1. The van der Waals surface area contributed by atoms with Crippen molar-refractivity contribution in [3.63, 3.8) is 0 Å². The van der Waals surface area contributed by atoms with Crippen LogP contribution in [0.2, 0.25) is 0 Å². The summed E-state index contributed by atoms with van der Waals surface area (Å²) in [6.07, 6.45) is 1.95. The van der Waals surface area contributed by atoms with Gasteiger partial charge in [0.25, 0.3) is 0 Å². The molecule has 0 unspecified atom stereocenters. The number of aromatic nitrogens is 1. The number of nitrogens with two attached hydrogens (primary N) is 1. The molecule has 0 aliphatic heterocycles. The van der Waals surface area contributed by atoms with Crippen LogP contribution >= 0.6 is 12.4 Å². The number of rotatable bonds is 1. The third-order valence-electron chi connectivity index (χ3n) is 3.20. The summed E-state index contributed by atoms with van der Waals surface area (Å²) in [7, 11) is 0. The number of halogens is 1. The van der Waals surface area contributed by atoms with E-state index in [1.54, 1.807) is 0 Å². The van der Waals surface area contributed by atoms with Crippen molar-refractivity contribution in [2.45, 2.75) is 6.92 Å². The second-order valence-electron chi connectivity index (χ2n) is 4.50. The van der Waals surface area contributed by atoms with Crippen molar-refractivity contribution in [3.8, 4) is 0 Å². The summed E-state index contributed by atoms with van der Waals surface area (Å²) in [5.74, 6) is 0.482. The summed E-state index contributed by atoms with van der Waals surface area (Å²) in [5.41, 5.74) is 9.20. The number of hydrogen-bond donors (Lipinski definition) is 1. The molecule has 0 spiro atoms. The summed E-state index contributed by atoms with van der Waals surface area (Å²) in [6, 6.07) is 18.1. The number of para-hydroxylation sites is 2. The topological polar surface area (TPSA) is 43.3 Å². The monoisotopic (exact) mass is 285 g/mol. The zero-order valence-corrected chi connectivity index (χ0v) is 12.0. The molecular formula is C16H16ClN3. The van der Waals surface area contributed by atoms with Gasteiger partial charge in [0.2, 0.25) is 5.96 Å². The normalized spacial score (nSPS) is 11.3. The third-order valence-corrected chi connectivity index (χ3v) is 3.20. The van der Waals surface area contributed by atoms with E-state index >= 15 is 0 Å². The van der Waals surface area contributed by atoms with Crippen LogP contribution in [-0.2, 0) is 0 Å². The van der Waals surface area contributed by atoms with E-state index in [2.05, 4.69) is 11.1 Å². The SMILES string of the molecule is Cc1ccccc1N=C(N)n1ccc2ccccc21.Cl. The lowest BCUT2D eigenvalue weighted by Crippen LogP contribution is -2.20. The Bertz CT molecular complexity index is 759. The molecule has 1 heterocycles. The van der Waals surface area contributed by atoms with E-state index in [1.807, 2.05) is 66.2 Å². The molecule has 20 heavy (non-hydrogen) atoms. The van der Waals surface area contributed by atoms with Crippen LogP contribution in [0.25, 0.3) is 10.9 Å². The van der Waals surface area contributed by atoms with Crippen LogP contribution < -0.4 is 5.73 Å². The maximum Gasteiger partial charge on any atom is 0.205 e. The highest BCUT2D eigenvalue weighted by atomic mass is 35.5. The van der Waals surface area contributed by atoms with Crippen LogP contribution in [0.15, 0.2) is 65.8 Å². The molecule has 0 fully saturated rings. The van der Waals surface area contributed by atoms with Gasteiger partial charge in [-0.15, -0.1) is 12.4 Å². The van der Waals surface area contributed by atoms with Crippen LogP contribution in [0.4, 0.5) is 5.69 Å². The number of aliphatic imine (C=N–C) groups is 1. The van der Waals surface area contributed by atoms with Crippen molar-refractivity contribution in [1.29, 1.82) is 0 Å². The first kappa shape index (κ1) is 14.2. The molecule has 3 nitrogen and oxygen atoms in total. The Morgan fingerprint density at radius 1 is 1.00 bits per heavy atom. The molecule has 2 aromatic carbocycles. The van der Waals surface area contributed by atoms with Gasteiger partial charge in [-0.2, -0.15) is 0 Å². The maximum atomic E-state index is 6.12. The third kappa shape index (κ3) is 2.53. The van der Waals surface area contributed by atoms with Crippen LogP contribution in [0.1, 0.15) is 5.56 Å². The average Bonchev–Trinajstić information content (AvgIpc) is 2.85. The quantitative estimate of drug-likeness (QED) is 0.535. The summed E-state index contributed by atoms with van der Waals surface area (Å²) in [4.78, 5) is 4.51. The van der Waals surface area contributed by atoms with E-state index in [4.69, 9.17) is 5.73 Å². The number of benzene rings is 2. The maximum absolute atomic E-state index is 6.12. The van der Waals surface area contributed by atoms with E-state index < -0.39 is 0 Å². The van der Waals surface area contributed by atoms with Crippen molar-refractivity contribution in [2.75, 3.05) is 0 Å². The van der Waals surface area contributed by atoms with Crippen LogP contribution in [-0.4, -0.2) is 10.5 Å². The molecule has 0 radical (unpaired) electrons. The van der Waals surface area contributed by atoms with Gasteiger partial charge in [-0.05, 0) is 30.7 Å². The molecule has 0 amide bonds. The minimum Gasteiger partial charge on any atom is -0.369 e. The molecule has 1 aromatic heterocycles. The molecule has 0 aliphatic rings. The molecule has 0 saturated carbocycles. The Morgan fingerprint density at radius 2 is 1.70 bits per heavy atom. The van der Waals surface area contributed by atoms with Gasteiger partial charge in [-0.3, -0.25) is 4.57 Å². The van der Waals surface area contributed by atoms with E-state index in [0.717, 1.165) is 22.2 Å². The largest absolute Gasteiger partial charge is 0.369 e. The molecule has 102 valence electrons. The molecule has 2 N–H and O–H groups in total.